The molecule has 5 aromatic rings. The van der Waals surface area contributed by atoms with Crippen LogP contribution in [0.2, 0.25) is 0 Å². The van der Waals surface area contributed by atoms with Crippen molar-refractivity contribution in [3.8, 4) is 11.1 Å². The van der Waals surface area contributed by atoms with E-state index in [0.29, 0.717) is 0 Å². The Bertz CT molecular complexity index is 1550. The second-order valence-corrected chi connectivity index (χ2v) is 10.7. The fourth-order valence-electron chi connectivity index (χ4n) is 4.96. The molecule has 1 N–H and O–H groups in total. The van der Waals surface area contributed by atoms with E-state index < -0.39 is 7.92 Å². The monoisotopic (exact) mass is 502 g/mol. The molecule has 0 aliphatic rings. The van der Waals surface area contributed by atoms with E-state index in [-0.39, 0.29) is 6.61 Å². The van der Waals surface area contributed by atoms with Crippen LogP contribution < -0.4 is 26.4 Å². The van der Waals surface area contributed by atoms with Crippen molar-refractivity contribution in [3.05, 3.63) is 125 Å². The molecule has 0 bridgehead atoms. The van der Waals surface area contributed by atoms with Crippen LogP contribution in [0.3, 0.4) is 0 Å². The van der Waals surface area contributed by atoms with Crippen molar-refractivity contribution >= 4 is 46.8 Å². The highest BCUT2D eigenvalue weighted by Gasteiger charge is 2.23. The van der Waals surface area contributed by atoms with Gasteiger partial charge in [-0.05, 0) is 75.6 Å². The maximum Gasteiger partial charge on any atom is 0.0688 e. The first kappa shape index (κ1) is 26.6. The average molecular weight is 503 g/mol. The first-order valence-corrected chi connectivity index (χ1v) is 14.4. The van der Waals surface area contributed by atoms with Gasteiger partial charge in [0.05, 0.1) is 6.61 Å². The van der Waals surface area contributed by atoms with Gasteiger partial charge in [0.2, 0.25) is 0 Å². The minimum absolute atomic E-state index is 0.00255. The molecule has 0 atom stereocenters. The van der Waals surface area contributed by atoms with Crippen molar-refractivity contribution in [2.45, 2.75) is 34.3 Å². The second-order valence-electron chi connectivity index (χ2n) is 8.53. The lowest BCUT2D eigenvalue weighted by atomic mass is 9.92. The van der Waals surface area contributed by atoms with Crippen molar-refractivity contribution in [1.29, 1.82) is 0 Å². The molecule has 186 valence electrons. The summed E-state index contributed by atoms with van der Waals surface area (Å²) in [5.41, 5.74) is 3.32. The van der Waals surface area contributed by atoms with Gasteiger partial charge in [-0.15, -0.1) is 0 Å². The van der Waals surface area contributed by atoms with E-state index in [1.54, 1.807) is 0 Å². The average Bonchev–Trinajstić information content (AvgIpc) is 2.98. The summed E-state index contributed by atoms with van der Waals surface area (Å²) in [4.78, 5) is 0. The van der Waals surface area contributed by atoms with E-state index in [1.807, 2.05) is 13.8 Å². The van der Waals surface area contributed by atoms with Crippen LogP contribution in [-0.2, 0) is 6.61 Å². The topological polar surface area (TPSA) is 20.2 Å². The molecule has 0 unspecified atom stereocenters. The molecule has 0 radical (unpaired) electrons. The van der Waals surface area contributed by atoms with Gasteiger partial charge in [0, 0.05) is 0 Å². The maximum atomic E-state index is 10.5. The summed E-state index contributed by atoms with van der Waals surface area (Å²) < 4.78 is 0. The summed E-state index contributed by atoms with van der Waals surface area (Å²) in [6.45, 7) is 8.17. The summed E-state index contributed by atoms with van der Waals surface area (Å²) in [6, 6.07) is 39.0. The number of fused-ring (bicyclic) bond motifs is 1. The Labute approximate surface area is 222 Å². The maximum absolute atomic E-state index is 10.5. The second kappa shape index (κ2) is 12.6. The van der Waals surface area contributed by atoms with E-state index in [9.17, 15) is 5.11 Å². The fraction of sp³-hybridized carbons (Fsp3) is 0.143. The highest BCUT2D eigenvalue weighted by atomic mass is 31.1. The van der Waals surface area contributed by atoms with Gasteiger partial charge >= 0.3 is 0 Å². The van der Waals surface area contributed by atoms with Crippen LogP contribution in [0.15, 0.2) is 109 Å². The lowest BCUT2D eigenvalue weighted by Crippen LogP contribution is -2.30. The van der Waals surface area contributed by atoms with Crippen molar-refractivity contribution in [2.75, 3.05) is 0 Å². The zero-order chi connectivity index (χ0) is 26.2. The highest BCUT2D eigenvalue weighted by Crippen LogP contribution is 2.40. The third-order valence-corrected chi connectivity index (χ3v) is 9.05. The van der Waals surface area contributed by atoms with Gasteiger partial charge in [0.15, 0.2) is 0 Å². The number of benzene rings is 5. The van der Waals surface area contributed by atoms with Crippen molar-refractivity contribution in [1.82, 2.24) is 0 Å². The zero-order valence-corrected chi connectivity index (χ0v) is 23.0. The number of hydrogen-bond donors (Lipinski definition) is 1. The minimum Gasteiger partial charge on any atom is -0.392 e. The predicted octanol–water partition coefficient (Wildman–Crippen LogP) is 6.38. The minimum atomic E-state index is -0.818. The normalized spacial score (nSPS) is 12.1. The summed E-state index contributed by atoms with van der Waals surface area (Å²) in [6.07, 6.45) is 4.34. The Kier molecular flexibility index (Phi) is 9.07. The van der Waals surface area contributed by atoms with Gasteiger partial charge in [-0.25, -0.2) is 0 Å². The van der Waals surface area contributed by atoms with Gasteiger partial charge in [0.25, 0.3) is 0 Å². The quantitative estimate of drug-likeness (QED) is 0.276. The third-order valence-electron chi connectivity index (χ3n) is 6.56. The summed E-state index contributed by atoms with van der Waals surface area (Å²) in [5, 5.41) is 19.2. The van der Waals surface area contributed by atoms with Gasteiger partial charge in [0.1, 0.15) is 0 Å². The molecule has 0 aliphatic carbocycles. The standard InChI is InChI=1S/C33H29OP.C2H6/c1-3-24-19-20-26(23-34)32(29(24)4-2)33-30-18-12-11-13-25(30)21-22-31(33)35(27-14-7-5-8-15-27)28-16-9-6-10-17-28;1-2/h3-22,34H,23H2,1-2H3;1-2H3/b24-3-,29-4+;. The lowest BCUT2D eigenvalue weighted by Gasteiger charge is -2.25. The van der Waals surface area contributed by atoms with E-state index >= 15 is 0 Å². The molecule has 0 aromatic heterocycles. The smallest absolute Gasteiger partial charge is 0.0688 e. The number of aliphatic hydroxyl groups is 1. The largest absolute Gasteiger partial charge is 0.392 e. The summed E-state index contributed by atoms with van der Waals surface area (Å²) in [5.74, 6) is 0. The fourth-order valence-corrected chi connectivity index (χ4v) is 7.44. The molecule has 0 fully saturated rings. The van der Waals surface area contributed by atoms with E-state index in [1.165, 1.54) is 42.7 Å². The Balaban J connectivity index is 0.00000156. The Morgan fingerprint density at radius 2 is 1.22 bits per heavy atom. The molecule has 0 saturated heterocycles. The van der Waals surface area contributed by atoms with E-state index in [0.717, 1.165) is 11.1 Å². The van der Waals surface area contributed by atoms with Crippen LogP contribution in [0.1, 0.15) is 33.3 Å². The zero-order valence-electron chi connectivity index (χ0n) is 22.1. The van der Waals surface area contributed by atoms with Gasteiger partial charge < -0.3 is 5.11 Å². The molecule has 0 amide bonds. The number of rotatable bonds is 5. The SMILES string of the molecule is C/C=c1/ccc(CO)c(-c2c(P(c3ccccc3)c3ccccc3)ccc3ccccc23)/c1=C/C.CC. The highest BCUT2D eigenvalue weighted by molar-refractivity contribution is 7.80. The lowest BCUT2D eigenvalue weighted by molar-refractivity contribution is 0.282. The Morgan fingerprint density at radius 1 is 0.622 bits per heavy atom. The van der Waals surface area contributed by atoms with Crippen LogP contribution in [0, 0.1) is 0 Å². The molecule has 1 nitrogen and oxygen atoms in total. The Morgan fingerprint density at radius 3 is 1.78 bits per heavy atom. The van der Waals surface area contributed by atoms with Gasteiger partial charge in [-0.3, -0.25) is 0 Å². The molecule has 0 aliphatic heterocycles. The Hall–Kier alpha value is -3.51. The van der Waals surface area contributed by atoms with Gasteiger partial charge in [-0.1, -0.05) is 135 Å². The molecule has 2 heteroatoms. The van der Waals surface area contributed by atoms with Crippen LogP contribution in [0.25, 0.3) is 34.1 Å². The summed E-state index contributed by atoms with van der Waals surface area (Å²) in [7, 11) is -0.818. The molecule has 0 saturated carbocycles. The van der Waals surface area contributed by atoms with Gasteiger partial charge in [-0.2, -0.15) is 0 Å². The molecule has 0 heterocycles. The molecule has 0 spiro atoms. The van der Waals surface area contributed by atoms with Crippen molar-refractivity contribution in [2.24, 2.45) is 0 Å². The van der Waals surface area contributed by atoms with Crippen LogP contribution in [0.5, 0.6) is 0 Å². The summed E-state index contributed by atoms with van der Waals surface area (Å²) >= 11 is 0. The number of hydrogen-bond acceptors (Lipinski definition) is 1. The molecule has 37 heavy (non-hydrogen) atoms. The van der Waals surface area contributed by atoms with Crippen LogP contribution >= 0.6 is 7.92 Å². The van der Waals surface area contributed by atoms with Crippen molar-refractivity contribution in [3.63, 3.8) is 0 Å². The van der Waals surface area contributed by atoms with Crippen LogP contribution in [-0.4, -0.2) is 5.11 Å². The predicted molar refractivity (Wildman–Crippen MR) is 165 cm³/mol. The van der Waals surface area contributed by atoms with Crippen molar-refractivity contribution < 1.29 is 5.11 Å². The third kappa shape index (κ3) is 5.30. The molecule has 5 rings (SSSR count). The first-order chi connectivity index (χ1) is 18.3. The number of aliphatic hydroxyl groups excluding tert-OH is 1. The van der Waals surface area contributed by atoms with E-state index in [2.05, 4.69) is 135 Å². The van der Waals surface area contributed by atoms with Crippen LogP contribution in [0.4, 0.5) is 0 Å². The molecular formula is C35H35OP. The molecule has 5 aromatic carbocycles. The molecular weight excluding hydrogens is 467 g/mol. The van der Waals surface area contributed by atoms with E-state index in [4.69, 9.17) is 0 Å². The first-order valence-electron chi connectivity index (χ1n) is 13.0.